The van der Waals surface area contributed by atoms with Gasteiger partial charge in [0, 0.05) is 11.6 Å². The third-order valence-electron chi connectivity index (χ3n) is 6.53. The van der Waals surface area contributed by atoms with Crippen LogP contribution in [-0.4, -0.2) is 34.3 Å². The first-order valence-corrected chi connectivity index (χ1v) is 11.5. The highest BCUT2D eigenvalue weighted by Gasteiger charge is 2.20. The van der Waals surface area contributed by atoms with Crippen LogP contribution in [-0.2, 0) is 0 Å². The van der Waals surface area contributed by atoms with Gasteiger partial charge in [-0.2, -0.15) is 0 Å². The van der Waals surface area contributed by atoms with Crippen molar-refractivity contribution in [3.05, 3.63) is 69.8 Å². The maximum atomic E-state index is 10.8. The monoisotopic (exact) mass is 469 g/mol. The van der Waals surface area contributed by atoms with Crippen LogP contribution >= 0.6 is 0 Å². The van der Waals surface area contributed by atoms with E-state index in [0.717, 1.165) is 44.7 Å². The van der Waals surface area contributed by atoms with Gasteiger partial charge >= 0.3 is 0 Å². The van der Waals surface area contributed by atoms with E-state index in [9.17, 15) is 5.11 Å². The van der Waals surface area contributed by atoms with Crippen molar-refractivity contribution in [2.45, 2.75) is 41.5 Å². The molecule has 0 atom stereocenters. The maximum Gasteiger partial charge on any atom is 0.167 e. The van der Waals surface area contributed by atoms with Crippen molar-refractivity contribution in [1.82, 2.24) is 15.0 Å². The number of hydrogen-bond acceptors (Lipinski definition) is 6. The average molecular weight is 470 g/mol. The van der Waals surface area contributed by atoms with E-state index in [1.807, 2.05) is 39.0 Å². The Labute approximate surface area is 206 Å². The van der Waals surface area contributed by atoms with Crippen LogP contribution in [0.1, 0.15) is 33.4 Å². The largest absolute Gasteiger partial charge is 0.507 e. The first-order chi connectivity index (χ1) is 16.6. The van der Waals surface area contributed by atoms with E-state index in [1.54, 1.807) is 20.3 Å². The van der Waals surface area contributed by atoms with Crippen LogP contribution in [0, 0.1) is 41.5 Å². The molecule has 4 aromatic rings. The lowest BCUT2D eigenvalue weighted by atomic mass is 10.00. The second-order valence-corrected chi connectivity index (χ2v) is 9.03. The molecule has 1 N–H and O–H groups in total. The summed E-state index contributed by atoms with van der Waals surface area (Å²) in [6, 6.07) is 11.7. The molecule has 1 aromatic heterocycles. The topological polar surface area (TPSA) is 77.4 Å². The summed E-state index contributed by atoms with van der Waals surface area (Å²) in [7, 11) is 3.24. The summed E-state index contributed by atoms with van der Waals surface area (Å²) in [5.41, 5.74) is 8.61. The molecule has 6 heteroatoms. The van der Waals surface area contributed by atoms with Gasteiger partial charge < -0.3 is 14.6 Å². The van der Waals surface area contributed by atoms with Gasteiger partial charge in [0.1, 0.15) is 17.2 Å². The van der Waals surface area contributed by atoms with Crippen molar-refractivity contribution < 1.29 is 14.6 Å². The van der Waals surface area contributed by atoms with Crippen molar-refractivity contribution in [1.29, 1.82) is 0 Å². The van der Waals surface area contributed by atoms with E-state index < -0.39 is 0 Å². The Kier molecular flexibility index (Phi) is 6.48. The van der Waals surface area contributed by atoms with Crippen molar-refractivity contribution in [2.75, 3.05) is 14.2 Å². The molecule has 4 rings (SSSR count). The summed E-state index contributed by atoms with van der Waals surface area (Å²) >= 11 is 0. The molecule has 1 heterocycles. The van der Waals surface area contributed by atoms with Gasteiger partial charge in [0.15, 0.2) is 17.5 Å². The molecule has 3 aromatic carbocycles. The predicted octanol–water partition coefficient (Wildman–Crippen LogP) is 6.45. The average Bonchev–Trinajstić information content (AvgIpc) is 2.83. The van der Waals surface area contributed by atoms with Crippen LogP contribution in [0.2, 0.25) is 0 Å². The zero-order chi connectivity index (χ0) is 25.4. The standard InChI is InChI=1S/C29H31N3O3/c1-15-9-19(5)21(10-16(15)2)27-30-28(22-11-17(3)18(4)13-24(22)33)32-29(31-27)23-12-20(6)25(34-7)14-26(23)35-8/h9-14,33H,1-8H3. The number of nitrogens with zero attached hydrogens (tertiary/aromatic N) is 3. The van der Waals surface area contributed by atoms with Gasteiger partial charge in [-0.15, -0.1) is 0 Å². The van der Waals surface area contributed by atoms with Gasteiger partial charge in [-0.25, -0.2) is 15.0 Å². The van der Waals surface area contributed by atoms with Crippen molar-refractivity contribution in [3.63, 3.8) is 0 Å². The van der Waals surface area contributed by atoms with Crippen molar-refractivity contribution >= 4 is 0 Å². The SMILES string of the molecule is COc1cc(OC)c(-c2nc(-c3cc(C)c(C)cc3C)nc(-c3cc(C)c(C)cc3O)n2)cc1C. The number of phenolic OH excluding ortho intramolecular Hbond substituents is 1. The molecule has 0 aliphatic rings. The van der Waals surface area contributed by atoms with Crippen LogP contribution in [0.5, 0.6) is 17.2 Å². The van der Waals surface area contributed by atoms with Crippen molar-refractivity contribution in [2.24, 2.45) is 0 Å². The molecular formula is C29H31N3O3. The quantitative estimate of drug-likeness (QED) is 0.362. The molecule has 0 saturated heterocycles. The molecule has 0 bridgehead atoms. The molecule has 0 amide bonds. The number of aromatic nitrogens is 3. The minimum absolute atomic E-state index is 0.130. The Bertz CT molecular complexity index is 1370. The number of phenols is 1. The maximum absolute atomic E-state index is 10.8. The molecular weight excluding hydrogens is 438 g/mol. The summed E-state index contributed by atoms with van der Waals surface area (Å²) < 4.78 is 11.2. The second-order valence-electron chi connectivity index (χ2n) is 9.03. The van der Waals surface area contributed by atoms with Gasteiger partial charge in [0.05, 0.1) is 25.3 Å². The van der Waals surface area contributed by atoms with Crippen molar-refractivity contribution in [3.8, 4) is 51.4 Å². The summed E-state index contributed by atoms with van der Waals surface area (Å²) in [6.07, 6.45) is 0. The van der Waals surface area contributed by atoms with Gasteiger partial charge in [0.25, 0.3) is 0 Å². The van der Waals surface area contributed by atoms with E-state index >= 15 is 0 Å². The molecule has 0 aliphatic heterocycles. The fourth-order valence-electron chi connectivity index (χ4n) is 4.15. The number of ether oxygens (including phenoxy) is 2. The Hall–Kier alpha value is -3.93. The molecule has 0 aliphatic carbocycles. The lowest BCUT2D eigenvalue weighted by Crippen LogP contribution is -2.03. The Morgan fingerprint density at radius 3 is 1.54 bits per heavy atom. The third-order valence-corrected chi connectivity index (χ3v) is 6.53. The van der Waals surface area contributed by atoms with Gasteiger partial charge in [0.2, 0.25) is 0 Å². The first kappa shape index (κ1) is 24.2. The molecule has 6 nitrogen and oxygen atoms in total. The normalized spacial score (nSPS) is 11.0. The van der Waals surface area contributed by atoms with Gasteiger partial charge in [-0.3, -0.25) is 0 Å². The minimum Gasteiger partial charge on any atom is -0.507 e. The van der Waals surface area contributed by atoms with E-state index in [0.29, 0.717) is 28.8 Å². The number of aromatic hydroxyl groups is 1. The Balaban J connectivity index is 2.05. The highest BCUT2D eigenvalue weighted by molar-refractivity contribution is 5.74. The van der Waals surface area contributed by atoms with Crippen LogP contribution < -0.4 is 9.47 Å². The van der Waals surface area contributed by atoms with Gasteiger partial charge in [-0.1, -0.05) is 6.07 Å². The number of hydrogen-bond donors (Lipinski definition) is 1. The summed E-state index contributed by atoms with van der Waals surface area (Å²) in [5.74, 6) is 2.85. The van der Waals surface area contributed by atoms with E-state index in [4.69, 9.17) is 24.4 Å². The zero-order valence-corrected chi connectivity index (χ0v) is 21.6. The van der Waals surface area contributed by atoms with E-state index in [-0.39, 0.29) is 5.75 Å². The minimum atomic E-state index is 0.130. The lowest BCUT2D eigenvalue weighted by Gasteiger charge is -2.15. The summed E-state index contributed by atoms with van der Waals surface area (Å²) in [5, 5.41) is 10.8. The molecule has 35 heavy (non-hydrogen) atoms. The van der Waals surface area contributed by atoms with Crippen LogP contribution in [0.3, 0.4) is 0 Å². The second kappa shape index (κ2) is 9.37. The number of methoxy groups -OCH3 is 2. The predicted molar refractivity (Wildman–Crippen MR) is 139 cm³/mol. The number of benzene rings is 3. The van der Waals surface area contributed by atoms with Gasteiger partial charge in [-0.05, 0) is 99.2 Å². The fraction of sp³-hybridized carbons (Fsp3) is 0.276. The Morgan fingerprint density at radius 1 is 0.486 bits per heavy atom. The molecule has 0 radical (unpaired) electrons. The van der Waals surface area contributed by atoms with Crippen LogP contribution in [0.15, 0.2) is 36.4 Å². The van der Waals surface area contributed by atoms with E-state index in [1.165, 1.54) is 5.56 Å². The third kappa shape index (κ3) is 4.56. The smallest absolute Gasteiger partial charge is 0.167 e. The van der Waals surface area contributed by atoms with E-state index in [2.05, 4.69) is 32.9 Å². The van der Waals surface area contributed by atoms with Crippen LogP contribution in [0.25, 0.3) is 34.2 Å². The molecule has 0 unspecified atom stereocenters. The van der Waals surface area contributed by atoms with Crippen LogP contribution in [0.4, 0.5) is 0 Å². The highest BCUT2D eigenvalue weighted by atomic mass is 16.5. The number of aryl methyl sites for hydroxylation is 6. The molecule has 0 fully saturated rings. The number of rotatable bonds is 5. The zero-order valence-electron chi connectivity index (χ0n) is 21.6. The first-order valence-electron chi connectivity index (χ1n) is 11.5. The summed E-state index contributed by atoms with van der Waals surface area (Å²) in [6.45, 7) is 12.2. The molecule has 0 saturated carbocycles. The lowest BCUT2D eigenvalue weighted by molar-refractivity contribution is 0.393. The molecule has 0 spiro atoms. The molecule has 180 valence electrons. The fourth-order valence-corrected chi connectivity index (χ4v) is 4.15. The summed E-state index contributed by atoms with van der Waals surface area (Å²) in [4.78, 5) is 14.5. The highest BCUT2D eigenvalue weighted by Crippen LogP contribution is 2.37. The Morgan fingerprint density at radius 2 is 0.943 bits per heavy atom.